The highest BCUT2D eigenvalue weighted by Gasteiger charge is 2.60. The molecule has 3 aliphatic carbocycles. The molecule has 0 aromatic heterocycles. The lowest BCUT2D eigenvalue weighted by atomic mass is 9.46. The van der Waals surface area contributed by atoms with Crippen molar-refractivity contribution in [3.05, 3.63) is 0 Å². The van der Waals surface area contributed by atoms with E-state index >= 15 is 0 Å². The van der Waals surface area contributed by atoms with Gasteiger partial charge < -0.3 is 9.84 Å². The lowest BCUT2D eigenvalue weighted by Crippen LogP contribution is -2.62. The van der Waals surface area contributed by atoms with E-state index < -0.39 is 5.60 Å². The fraction of sp³-hybridized carbons (Fsp3) is 1.00. The van der Waals surface area contributed by atoms with Crippen LogP contribution in [0.3, 0.4) is 0 Å². The highest BCUT2D eigenvalue weighted by atomic mass is 16.5. The molecule has 0 saturated heterocycles. The number of hydrogen-bond donors (Lipinski definition) is 1. The summed E-state index contributed by atoms with van der Waals surface area (Å²) in [5, 5.41) is 12.2. The number of aliphatic hydroxyl groups is 1. The largest absolute Gasteiger partial charge is 0.389 e. The highest BCUT2D eigenvalue weighted by Crippen LogP contribution is 2.62. The summed E-state index contributed by atoms with van der Waals surface area (Å²) in [6.45, 7) is 15.3. The summed E-state index contributed by atoms with van der Waals surface area (Å²) >= 11 is 0. The monoisotopic (exact) mass is 378 g/mol. The van der Waals surface area contributed by atoms with Gasteiger partial charge in [-0.2, -0.15) is 0 Å². The summed E-state index contributed by atoms with van der Waals surface area (Å²) in [5.74, 6) is 2.53. The minimum absolute atomic E-state index is 0.0553. The topological polar surface area (TPSA) is 29.5 Å². The van der Waals surface area contributed by atoms with Crippen molar-refractivity contribution in [1.29, 1.82) is 0 Å². The molecule has 2 heteroatoms. The maximum absolute atomic E-state index is 12.2. The van der Waals surface area contributed by atoms with Gasteiger partial charge in [0.2, 0.25) is 0 Å². The minimum atomic E-state index is -0.575. The Kier molecular flexibility index (Phi) is 6.39. The molecule has 2 nitrogen and oxygen atoms in total. The van der Waals surface area contributed by atoms with Crippen LogP contribution < -0.4 is 0 Å². The molecule has 3 aliphatic rings. The third kappa shape index (κ3) is 3.75. The summed E-state index contributed by atoms with van der Waals surface area (Å²) < 4.78 is 6.34. The van der Waals surface area contributed by atoms with Gasteiger partial charge in [0, 0.05) is 12.5 Å². The Morgan fingerprint density at radius 2 is 1.67 bits per heavy atom. The van der Waals surface area contributed by atoms with Crippen LogP contribution in [0.1, 0.15) is 106 Å². The van der Waals surface area contributed by atoms with Crippen molar-refractivity contribution < 1.29 is 9.84 Å². The lowest BCUT2D eigenvalue weighted by molar-refractivity contribution is -0.220. The Labute approximate surface area is 168 Å². The molecular formula is C25H46O2. The molecule has 1 N–H and O–H groups in total. The second kappa shape index (κ2) is 7.98. The van der Waals surface area contributed by atoms with Crippen LogP contribution >= 0.6 is 0 Å². The van der Waals surface area contributed by atoms with Crippen LogP contribution in [0, 0.1) is 34.5 Å². The van der Waals surface area contributed by atoms with Gasteiger partial charge in [0.25, 0.3) is 0 Å². The summed E-state index contributed by atoms with van der Waals surface area (Å²) in [7, 11) is 0. The highest BCUT2D eigenvalue weighted by molar-refractivity contribution is 5.10. The predicted octanol–water partition coefficient (Wildman–Crippen LogP) is 6.60. The van der Waals surface area contributed by atoms with Crippen LogP contribution in [0.4, 0.5) is 0 Å². The first kappa shape index (κ1) is 21.6. The zero-order chi connectivity index (χ0) is 19.9. The molecule has 0 heterocycles. The second-order valence-corrected chi connectivity index (χ2v) is 11.4. The van der Waals surface area contributed by atoms with Crippen LogP contribution in [-0.4, -0.2) is 23.4 Å². The summed E-state index contributed by atoms with van der Waals surface area (Å²) in [4.78, 5) is 0. The zero-order valence-corrected chi connectivity index (χ0v) is 19.0. The van der Waals surface area contributed by atoms with Gasteiger partial charge in [-0.25, -0.2) is 0 Å². The van der Waals surface area contributed by atoms with Crippen molar-refractivity contribution in [2.24, 2.45) is 34.5 Å². The number of hydrogen-bond acceptors (Lipinski definition) is 2. The quantitative estimate of drug-likeness (QED) is 0.546. The average Bonchev–Trinajstić information content (AvgIpc) is 2.61. The standard InChI is InChI=1S/C25H46O2/c1-7-8-9-16-27-22-13-15-24(6)14-12-21-18(2)10-11-20(23(21,4)5)17-25(24,26)19(22)3/h18-22,26H,7-17H2,1-6H3/t18-,19-,20+,21+,22?,24-,25+/m1/s1. The van der Waals surface area contributed by atoms with Crippen molar-refractivity contribution >= 4 is 0 Å². The summed E-state index contributed by atoms with van der Waals surface area (Å²) in [6.07, 6.45) is 12.2. The lowest BCUT2D eigenvalue weighted by Gasteiger charge is -2.61. The van der Waals surface area contributed by atoms with E-state index in [1.807, 2.05) is 0 Å². The average molecular weight is 379 g/mol. The first-order valence-electron chi connectivity index (χ1n) is 12.0. The summed E-state index contributed by atoms with van der Waals surface area (Å²) in [5.41, 5.74) is -0.169. The fourth-order valence-corrected chi connectivity index (χ4v) is 7.32. The Balaban J connectivity index is 1.81. The Morgan fingerprint density at radius 3 is 2.37 bits per heavy atom. The van der Waals surface area contributed by atoms with Gasteiger partial charge in [-0.3, -0.25) is 0 Å². The van der Waals surface area contributed by atoms with Gasteiger partial charge in [0.05, 0.1) is 11.7 Å². The second-order valence-electron chi connectivity index (χ2n) is 11.4. The first-order chi connectivity index (χ1) is 12.7. The Bertz CT molecular complexity index is 501. The molecule has 7 atom stereocenters. The molecule has 0 radical (unpaired) electrons. The van der Waals surface area contributed by atoms with Crippen LogP contribution in [0.15, 0.2) is 0 Å². The molecule has 0 amide bonds. The zero-order valence-electron chi connectivity index (χ0n) is 19.0. The van der Waals surface area contributed by atoms with Crippen LogP contribution in [-0.2, 0) is 4.74 Å². The van der Waals surface area contributed by atoms with Crippen LogP contribution in [0.5, 0.6) is 0 Å². The molecule has 0 aromatic rings. The van der Waals surface area contributed by atoms with Crippen molar-refractivity contribution in [3.8, 4) is 0 Å². The molecule has 0 spiro atoms. The third-order valence-corrected chi connectivity index (χ3v) is 9.65. The minimum Gasteiger partial charge on any atom is -0.389 e. The molecular weight excluding hydrogens is 332 g/mol. The maximum Gasteiger partial charge on any atom is 0.0753 e. The predicted molar refractivity (Wildman–Crippen MR) is 114 cm³/mol. The molecule has 3 fully saturated rings. The van der Waals surface area contributed by atoms with Gasteiger partial charge >= 0.3 is 0 Å². The van der Waals surface area contributed by atoms with E-state index in [-0.39, 0.29) is 17.4 Å². The first-order valence-corrected chi connectivity index (χ1v) is 12.0. The summed E-state index contributed by atoms with van der Waals surface area (Å²) in [6, 6.07) is 0. The van der Waals surface area contributed by atoms with Crippen molar-refractivity contribution in [2.45, 2.75) is 117 Å². The number of unbranched alkanes of at least 4 members (excludes halogenated alkanes) is 2. The van der Waals surface area contributed by atoms with Crippen molar-refractivity contribution in [2.75, 3.05) is 6.61 Å². The van der Waals surface area contributed by atoms with Crippen molar-refractivity contribution in [3.63, 3.8) is 0 Å². The Morgan fingerprint density at radius 1 is 0.963 bits per heavy atom. The molecule has 27 heavy (non-hydrogen) atoms. The number of fused-ring (bicyclic) bond motifs is 3. The van der Waals surface area contributed by atoms with E-state index in [9.17, 15) is 5.11 Å². The molecule has 1 unspecified atom stereocenters. The number of ether oxygens (including phenoxy) is 1. The van der Waals surface area contributed by atoms with Gasteiger partial charge in [0.15, 0.2) is 0 Å². The van der Waals surface area contributed by atoms with Crippen LogP contribution in [0.25, 0.3) is 0 Å². The smallest absolute Gasteiger partial charge is 0.0753 e. The van der Waals surface area contributed by atoms with E-state index in [0.29, 0.717) is 11.3 Å². The van der Waals surface area contributed by atoms with Gasteiger partial charge in [-0.15, -0.1) is 0 Å². The molecule has 0 aromatic carbocycles. The normalized spacial score (nSPS) is 47.0. The van der Waals surface area contributed by atoms with E-state index in [2.05, 4.69) is 41.5 Å². The van der Waals surface area contributed by atoms with E-state index in [0.717, 1.165) is 44.1 Å². The molecule has 0 aliphatic heterocycles. The van der Waals surface area contributed by atoms with Crippen LogP contribution in [0.2, 0.25) is 0 Å². The Hall–Kier alpha value is -0.0800. The van der Waals surface area contributed by atoms with Gasteiger partial charge in [0.1, 0.15) is 0 Å². The van der Waals surface area contributed by atoms with Gasteiger partial charge in [-0.05, 0) is 73.5 Å². The van der Waals surface area contributed by atoms with E-state index in [1.54, 1.807) is 0 Å². The third-order valence-electron chi connectivity index (χ3n) is 9.65. The SMILES string of the molecule is CCCCCOC1CC[C@@]2(C)CC[C@H]3[C@H](C)CC[C@@H](C[C@]2(O)[C@@H]1C)C3(C)C. The fourth-order valence-electron chi connectivity index (χ4n) is 7.32. The number of rotatable bonds is 5. The molecule has 2 bridgehead atoms. The van der Waals surface area contributed by atoms with Crippen molar-refractivity contribution in [1.82, 2.24) is 0 Å². The van der Waals surface area contributed by atoms with Gasteiger partial charge in [-0.1, -0.05) is 60.8 Å². The molecule has 3 rings (SSSR count). The maximum atomic E-state index is 12.2. The van der Waals surface area contributed by atoms with E-state index in [4.69, 9.17) is 4.74 Å². The molecule has 3 saturated carbocycles. The molecule has 158 valence electrons. The van der Waals surface area contributed by atoms with E-state index in [1.165, 1.54) is 38.5 Å².